The predicted molar refractivity (Wildman–Crippen MR) is 119 cm³/mol. The molecule has 0 atom stereocenters. The lowest BCUT2D eigenvalue weighted by molar-refractivity contribution is 0.282. The first-order chi connectivity index (χ1) is 15.1. The average Bonchev–Trinajstić information content (AvgIpc) is 3.33. The first kappa shape index (κ1) is 19.2. The molecule has 0 amide bonds. The predicted octanol–water partition coefficient (Wildman–Crippen LogP) is 4.91. The summed E-state index contributed by atoms with van der Waals surface area (Å²) in [5.74, 6) is 0.779. The SMILES string of the molecule is Cc1noc(C)c1-c1cnc2c(-c3ccc(CO)cc3)cn(Cc3ccccn3)c2c1. The van der Waals surface area contributed by atoms with Crippen molar-refractivity contribution >= 4 is 11.0 Å². The van der Waals surface area contributed by atoms with Crippen LogP contribution in [0.4, 0.5) is 0 Å². The van der Waals surface area contributed by atoms with Gasteiger partial charge >= 0.3 is 0 Å². The van der Waals surface area contributed by atoms with Gasteiger partial charge in [0.2, 0.25) is 0 Å². The molecule has 31 heavy (non-hydrogen) atoms. The number of hydrogen-bond donors (Lipinski definition) is 1. The van der Waals surface area contributed by atoms with Crippen molar-refractivity contribution in [3.63, 3.8) is 0 Å². The quantitative estimate of drug-likeness (QED) is 0.445. The van der Waals surface area contributed by atoms with E-state index in [9.17, 15) is 5.11 Å². The van der Waals surface area contributed by atoms with Crippen LogP contribution in [0, 0.1) is 13.8 Å². The zero-order valence-corrected chi connectivity index (χ0v) is 17.4. The van der Waals surface area contributed by atoms with Crippen LogP contribution in [0.25, 0.3) is 33.3 Å². The van der Waals surface area contributed by atoms with E-state index in [2.05, 4.69) is 27.0 Å². The van der Waals surface area contributed by atoms with E-state index in [-0.39, 0.29) is 6.61 Å². The Labute approximate surface area is 179 Å². The Bertz CT molecular complexity index is 1330. The largest absolute Gasteiger partial charge is 0.392 e. The molecule has 0 unspecified atom stereocenters. The summed E-state index contributed by atoms with van der Waals surface area (Å²) in [6.45, 7) is 4.53. The van der Waals surface area contributed by atoms with Crippen LogP contribution in [0.1, 0.15) is 22.7 Å². The molecule has 0 fully saturated rings. The summed E-state index contributed by atoms with van der Waals surface area (Å²) in [6, 6.07) is 16.0. The van der Waals surface area contributed by atoms with E-state index in [1.807, 2.05) is 68.7 Å². The lowest BCUT2D eigenvalue weighted by Crippen LogP contribution is -2.00. The molecule has 0 saturated carbocycles. The van der Waals surface area contributed by atoms with Gasteiger partial charge in [0.05, 0.1) is 35.6 Å². The third-order valence-electron chi connectivity index (χ3n) is 5.55. The minimum atomic E-state index is 0.0285. The number of aryl methyl sites for hydroxylation is 2. The van der Waals surface area contributed by atoms with Crippen LogP contribution in [0.3, 0.4) is 0 Å². The molecule has 0 aliphatic carbocycles. The number of rotatable bonds is 5. The van der Waals surface area contributed by atoms with E-state index in [1.54, 1.807) is 0 Å². The molecule has 6 nitrogen and oxygen atoms in total. The Kier molecular flexibility index (Phi) is 4.84. The summed E-state index contributed by atoms with van der Waals surface area (Å²) in [5, 5.41) is 13.5. The lowest BCUT2D eigenvalue weighted by atomic mass is 10.0. The van der Waals surface area contributed by atoms with Crippen molar-refractivity contribution < 1.29 is 9.63 Å². The van der Waals surface area contributed by atoms with E-state index in [4.69, 9.17) is 9.51 Å². The van der Waals surface area contributed by atoms with Crippen molar-refractivity contribution in [3.05, 3.63) is 89.8 Å². The van der Waals surface area contributed by atoms with Crippen molar-refractivity contribution in [2.75, 3.05) is 0 Å². The van der Waals surface area contributed by atoms with Crippen molar-refractivity contribution in [1.82, 2.24) is 19.7 Å². The molecule has 154 valence electrons. The minimum Gasteiger partial charge on any atom is -0.392 e. The molecular formula is C25H22N4O2. The second kappa shape index (κ2) is 7.81. The standard InChI is InChI=1S/C25H22N4O2/c1-16-24(17(2)31-28-16)20-11-23-25(27-12-20)22(19-8-6-18(15-30)7-9-19)14-29(23)13-21-5-3-4-10-26-21/h3-12,14,30H,13,15H2,1-2H3. The van der Waals surface area contributed by atoms with Gasteiger partial charge in [0.25, 0.3) is 0 Å². The van der Waals surface area contributed by atoms with Gasteiger partial charge in [0, 0.05) is 35.3 Å². The van der Waals surface area contributed by atoms with Crippen LogP contribution in [0.15, 0.2) is 71.6 Å². The number of benzene rings is 1. The van der Waals surface area contributed by atoms with Crippen LogP contribution >= 0.6 is 0 Å². The fraction of sp³-hybridized carbons (Fsp3) is 0.160. The molecule has 0 bridgehead atoms. The molecular weight excluding hydrogens is 388 g/mol. The maximum Gasteiger partial charge on any atom is 0.141 e. The number of hydrogen-bond acceptors (Lipinski definition) is 5. The van der Waals surface area contributed by atoms with Gasteiger partial charge in [-0.1, -0.05) is 35.5 Å². The molecule has 0 aliphatic rings. The van der Waals surface area contributed by atoms with Gasteiger partial charge in [0.1, 0.15) is 5.76 Å². The number of aromatic nitrogens is 4. The Morgan fingerprint density at radius 1 is 1.00 bits per heavy atom. The van der Waals surface area contributed by atoms with Crippen molar-refractivity contribution in [1.29, 1.82) is 0 Å². The van der Waals surface area contributed by atoms with Gasteiger partial charge in [-0.3, -0.25) is 9.97 Å². The minimum absolute atomic E-state index is 0.0285. The van der Waals surface area contributed by atoms with Gasteiger partial charge in [-0.25, -0.2) is 0 Å². The van der Waals surface area contributed by atoms with Gasteiger partial charge in [0.15, 0.2) is 0 Å². The maximum absolute atomic E-state index is 9.37. The molecule has 6 heteroatoms. The number of aliphatic hydroxyl groups excluding tert-OH is 1. The highest BCUT2D eigenvalue weighted by molar-refractivity contribution is 5.95. The zero-order chi connectivity index (χ0) is 21.4. The Morgan fingerprint density at radius 3 is 2.52 bits per heavy atom. The van der Waals surface area contributed by atoms with Crippen LogP contribution < -0.4 is 0 Å². The number of nitrogens with zero attached hydrogens (tertiary/aromatic N) is 4. The van der Waals surface area contributed by atoms with Gasteiger partial charge in [-0.05, 0) is 43.2 Å². The topological polar surface area (TPSA) is 77.0 Å². The van der Waals surface area contributed by atoms with Crippen LogP contribution in [0.5, 0.6) is 0 Å². The van der Waals surface area contributed by atoms with Crippen molar-refractivity contribution in [3.8, 4) is 22.3 Å². The molecule has 0 saturated heterocycles. The molecule has 1 N–H and O–H groups in total. The Balaban J connectivity index is 1.69. The average molecular weight is 410 g/mol. The number of pyridine rings is 2. The highest BCUT2D eigenvalue weighted by Gasteiger charge is 2.17. The van der Waals surface area contributed by atoms with Crippen molar-refractivity contribution in [2.24, 2.45) is 0 Å². The normalized spacial score (nSPS) is 11.3. The summed E-state index contributed by atoms with van der Waals surface area (Å²) < 4.78 is 7.55. The molecule has 0 radical (unpaired) electrons. The fourth-order valence-corrected chi connectivity index (χ4v) is 4.00. The monoisotopic (exact) mass is 410 g/mol. The molecule has 5 rings (SSSR count). The number of aliphatic hydroxyl groups is 1. The summed E-state index contributed by atoms with van der Waals surface area (Å²) in [6.07, 6.45) is 5.81. The van der Waals surface area contributed by atoms with Gasteiger partial charge in [-0.15, -0.1) is 0 Å². The van der Waals surface area contributed by atoms with Crippen LogP contribution in [-0.4, -0.2) is 24.8 Å². The van der Waals surface area contributed by atoms with Crippen molar-refractivity contribution in [2.45, 2.75) is 27.0 Å². The molecule has 0 aliphatic heterocycles. The first-order valence-corrected chi connectivity index (χ1v) is 10.2. The summed E-state index contributed by atoms with van der Waals surface area (Å²) >= 11 is 0. The van der Waals surface area contributed by atoms with E-state index in [0.29, 0.717) is 6.54 Å². The maximum atomic E-state index is 9.37. The fourth-order valence-electron chi connectivity index (χ4n) is 4.00. The summed E-state index contributed by atoms with van der Waals surface area (Å²) in [4.78, 5) is 9.33. The third-order valence-corrected chi connectivity index (χ3v) is 5.55. The van der Waals surface area contributed by atoms with E-state index >= 15 is 0 Å². The molecule has 4 heterocycles. The smallest absolute Gasteiger partial charge is 0.141 e. The third kappa shape index (κ3) is 3.51. The Morgan fingerprint density at radius 2 is 1.84 bits per heavy atom. The Hall–Kier alpha value is -3.77. The molecule has 0 spiro atoms. The second-order valence-electron chi connectivity index (χ2n) is 7.64. The van der Waals surface area contributed by atoms with Gasteiger partial charge in [-0.2, -0.15) is 0 Å². The van der Waals surface area contributed by atoms with Crippen LogP contribution in [-0.2, 0) is 13.2 Å². The van der Waals surface area contributed by atoms with E-state index in [0.717, 1.165) is 56.0 Å². The van der Waals surface area contributed by atoms with Gasteiger partial charge < -0.3 is 14.2 Å². The lowest BCUT2D eigenvalue weighted by Gasteiger charge is -2.06. The zero-order valence-electron chi connectivity index (χ0n) is 17.4. The molecule has 5 aromatic rings. The van der Waals surface area contributed by atoms with E-state index in [1.165, 1.54) is 0 Å². The first-order valence-electron chi connectivity index (χ1n) is 10.2. The van der Waals surface area contributed by atoms with E-state index < -0.39 is 0 Å². The number of fused-ring (bicyclic) bond motifs is 1. The second-order valence-corrected chi connectivity index (χ2v) is 7.64. The summed E-state index contributed by atoms with van der Waals surface area (Å²) in [7, 11) is 0. The molecule has 4 aromatic heterocycles. The van der Waals surface area contributed by atoms with Crippen LogP contribution in [0.2, 0.25) is 0 Å². The highest BCUT2D eigenvalue weighted by Crippen LogP contribution is 2.34. The highest BCUT2D eigenvalue weighted by atomic mass is 16.5. The summed E-state index contributed by atoms with van der Waals surface area (Å²) in [5.41, 5.74) is 8.70. The molecule has 1 aromatic carbocycles.